The number of aryl methyl sites for hydroxylation is 2. The second-order valence-electron chi connectivity index (χ2n) is 5.88. The number of primary sulfonamides is 1. The molecule has 0 aliphatic carbocycles. The van der Waals surface area contributed by atoms with E-state index in [9.17, 15) is 18.0 Å². The third-order valence-electron chi connectivity index (χ3n) is 4.08. The molecule has 0 aliphatic rings. The predicted octanol–water partition coefficient (Wildman–Crippen LogP) is 2.31. The van der Waals surface area contributed by atoms with Crippen LogP contribution in [0.5, 0.6) is 0 Å². The number of hydrogen-bond acceptors (Lipinski definition) is 5. The number of carbonyl (C=O) groups excluding carboxylic acids is 1. The van der Waals surface area contributed by atoms with Gasteiger partial charge in [0.2, 0.25) is 10.0 Å². The van der Waals surface area contributed by atoms with Crippen LogP contribution in [-0.2, 0) is 10.0 Å². The lowest BCUT2D eigenvalue weighted by Crippen LogP contribution is -2.16. The molecule has 7 nitrogen and oxygen atoms in total. The van der Waals surface area contributed by atoms with Crippen molar-refractivity contribution in [3.8, 4) is 0 Å². The van der Waals surface area contributed by atoms with Gasteiger partial charge in [-0.15, -0.1) is 0 Å². The molecule has 0 atom stereocenters. The lowest BCUT2D eigenvalue weighted by Gasteiger charge is -2.08. The first-order valence-corrected chi connectivity index (χ1v) is 9.20. The maximum absolute atomic E-state index is 12.4. The molecule has 26 heavy (non-hydrogen) atoms. The smallest absolute Gasteiger partial charge is 0.291 e. The summed E-state index contributed by atoms with van der Waals surface area (Å²) in [5.74, 6) is -0.750. The van der Waals surface area contributed by atoms with Crippen molar-refractivity contribution in [1.82, 2.24) is 0 Å². The monoisotopic (exact) mass is 372 g/mol. The quantitative estimate of drug-likeness (QED) is 0.731. The Hall–Kier alpha value is -2.97. The molecule has 1 amide bonds. The molecule has 0 unspecified atom stereocenters. The molecule has 0 saturated carbocycles. The minimum Gasteiger partial charge on any atom is -0.450 e. The fourth-order valence-corrected chi connectivity index (χ4v) is 3.00. The zero-order valence-corrected chi connectivity index (χ0v) is 14.9. The van der Waals surface area contributed by atoms with E-state index in [0.717, 1.165) is 17.2 Å². The molecule has 0 aliphatic heterocycles. The molecule has 0 bridgehead atoms. The third-order valence-corrected chi connectivity index (χ3v) is 5.01. The number of hydrogen-bond donors (Lipinski definition) is 2. The molecule has 8 heteroatoms. The SMILES string of the molecule is Cc1ccc2c(=O)cc(C(=O)Nc3ccc(S(N)(=O)=O)cc3)oc2c1C. The largest absolute Gasteiger partial charge is 0.450 e. The molecule has 0 radical (unpaired) electrons. The van der Waals surface area contributed by atoms with E-state index in [-0.39, 0.29) is 16.1 Å². The van der Waals surface area contributed by atoms with E-state index in [1.807, 2.05) is 19.9 Å². The first-order chi connectivity index (χ1) is 12.2. The minimum atomic E-state index is -3.81. The van der Waals surface area contributed by atoms with E-state index < -0.39 is 15.9 Å². The van der Waals surface area contributed by atoms with E-state index in [0.29, 0.717) is 16.7 Å². The highest BCUT2D eigenvalue weighted by Crippen LogP contribution is 2.21. The van der Waals surface area contributed by atoms with Crippen LogP contribution in [0.3, 0.4) is 0 Å². The van der Waals surface area contributed by atoms with Gasteiger partial charge < -0.3 is 9.73 Å². The highest BCUT2D eigenvalue weighted by molar-refractivity contribution is 7.89. The van der Waals surface area contributed by atoms with Crippen LogP contribution in [-0.4, -0.2) is 14.3 Å². The Bertz CT molecular complexity index is 1180. The summed E-state index contributed by atoms with van der Waals surface area (Å²) >= 11 is 0. The number of amides is 1. The number of nitrogens with one attached hydrogen (secondary N) is 1. The van der Waals surface area contributed by atoms with E-state index in [2.05, 4.69) is 5.32 Å². The molecule has 3 N–H and O–H groups in total. The van der Waals surface area contributed by atoms with Gasteiger partial charge in [-0.1, -0.05) is 6.07 Å². The van der Waals surface area contributed by atoms with E-state index in [4.69, 9.17) is 9.56 Å². The molecule has 3 aromatic rings. The fourth-order valence-electron chi connectivity index (χ4n) is 2.48. The normalized spacial score (nSPS) is 11.5. The van der Waals surface area contributed by atoms with Crippen molar-refractivity contribution in [2.75, 3.05) is 5.32 Å². The van der Waals surface area contributed by atoms with E-state index in [1.165, 1.54) is 24.3 Å². The van der Waals surface area contributed by atoms with Gasteiger partial charge in [0, 0.05) is 11.8 Å². The number of sulfonamides is 1. The highest BCUT2D eigenvalue weighted by Gasteiger charge is 2.15. The summed E-state index contributed by atoms with van der Waals surface area (Å²) in [7, 11) is -3.81. The van der Waals surface area contributed by atoms with Crippen LogP contribution in [0, 0.1) is 13.8 Å². The van der Waals surface area contributed by atoms with Gasteiger partial charge in [0.1, 0.15) is 5.58 Å². The minimum absolute atomic E-state index is 0.0705. The Kier molecular flexibility index (Phi) is 4.39. The first kappa shape index (κ1) is 17.8. The molecule has 2 aromatic carbocycles. The van der Waals surface area contributed by atoms with Crippen LogP contribution in [0.4, 0.5) is 5.69 Å². The van der Waals surface area contributed by atoms with Gasteiger partial charge >= 0.3 is 0 Å². The Labute approximate surface area is 149 Å². The zero-order valence-electron chi connectivity index (χ0n) is 14.1. The maximum Gasteiger partial charge on any atom is 0.291 e. The summed E-state index contributed by atoms with van der Waals surface area (Å²) in [4.78, 5) is 24.6. The van der Waals surface area contributed by atoms with Gasteiger partial charge in [-0.25, -0.2) is 13.6 Å². The fraction of sp³-hybridized carbons (Fsp3) is 0.111. The third kappa shape index (κ3) is 3.37. The Morgan fingerprint density at radius 2 is 1.73 bits per heavy atom. The lowest BCUT2D eigenvalue weighted by molar-refractivity contribution is 0.0997. The van der Waals surface area contributed by atoms with Crippen LogP contribution in [0.1, 0.15) is 21.7 Å². The van der Waals surface area contributed by atoms with Crippen LogP contribution in [0.25, 0.3) is 11.0 Å². The summed E-state index contributed by atoms with van der Waals surface area (Å²) in [5.41, 5.74) is 2.12. The molecule has 0 saturated heterocycles. The van der Waals surface area contributed by atoms with Gasteiger partial charge in [-0.05, 0) is 55.3 Å². The van der Waals surface area contributed by atoms with Crippen LogP contribution >= 0.6 is 0 Å². The number of fused-ring (bicyclic) bond motifs is 1. The summed E-state index contributed by atoms with van der Waals surface area (Å²) < 4.78 is 28.1. The number of anilines is 1. The molecular formula is C18H16N2O5S. The molecular weight excluding hydrogens is 356 g/mol. The average Bonchev–Trinajstić information content (AvgIpc) is 2.58. The molecule has 0 fully saturated rings. The second kappa shape index (κ2) is 6.40. The number of benzene rings is 2. The maximum atomic E-state index is 12.4. The van der Waals surface area contributed by atoms with Crippen molar-refractivity contribution in [1.29, 1.82) is 0 Å². The molecule has 1 heterocycles. The average molecular weight is 372 g/mol. The van der Waals surface area contributed by atoms with Crippen molar-refractivity contribution < 1.29 is 17.6 Å². The predicted molar refractivity (Wildman–Crippen MR) is 97.7 cm³/mol. The van der Waals surface area contributed by atoms with E-state index in [1.54, 1.807) is 6.07 Å². The Balaban J connectivity index is 1.95. The van der Waals surface area contributed by atoms with Gasteiger partial charge in [-0.2, -0.15) is 0 Å². The van der Waals surface area contributed by atoms with Crippen LogP contribution in [0.2, 0.25) is 0 Å². The van der Waals surface area contributed by atoms with Crippen molar-refractivity contribution >= 4 is 32.6 Å². The lowest BCUT2D eigenvalue weighted by atomic mass is 10.1. The molecule has 1 aromatic heterocycles. The van der Waals surface area contributed by atoms with Gasteiger partial charge in [0.25, 0.3) is 5.91 Å². The zero-order chi connectivity index (χ0) is 19.1. The first-order valence-electron chi connectivity index (χ1n) is 7.65. The number of nitrogens with two attached hydrogens (primary N) is 1. The van der Waals surface area contributed by atoms with Gasteiger partial charge in [0.05, 0.1) is 10.3 Å². The summed E-state index contributed by atoms with van der Waals surface area (Å²) in [6.07, 6.45) is 0. The van der Waals surface area contributed by atoms with Crippen molar-refractivity contribution in [3.63, 3.8) is 0 Å². The topological polar surface area (TPSA) is 119 Å². The summed E-state index contributed by atoms with van der Waals surface area (Å²) in [6, 6.07) is 9.95. The molecule has 3 rings (SSSR count). The Morgan fingerprint density at radius 1 is 1.08 bits per heavy atom. The van der Waals surface area contributed by atoms with E-state index >= 15 is 0 Å². The Morgan fingerprint density at radius 3 is 2.35 bits per heavy atom. The van der Waals surface area contributed by atoms with Crippen molar-refractivity contribution in [2.45, 2.75) is 18.7 Å². The van der Waals surface area contributed by atoms with Gasteiger partial charge in [-0.3, -0.25) is 9.59 Å². The summed E-state index contributed by atoms with van der Waals surface area (Å²) in [6.45, 7) is 3.70. The highest BCUT2D eigenvalue weighted by atomic mass is 32.2. The molecule has 134 valence electrons. The second-order valence-corrected chi connectivity index (χ2v) is 7.44. The van der Waals surface area contributed by atoms with Crippen LogP contribution < -0.4 is 15.9 Å². The van der Waals surface area contributed by atoms with Gasteiger partial charge in [0.15, 0.2) is 11.2 Å². The van der Waals surface area contributed by atoms with Crippen molar-refractivity contribution in [2.24, 2.45) is 5.14 Å². The summed E-state index contributed by atoms with van der Waals surface area (Å²) in [5, 5.41) is 7.99. The molecule has 0 spiro atoms. The number of carbonyl (C=O) groups is 1. The van der Waals surface area contributed by atoms with Crippen molar-refractivity contribution in [3.05, 3.63) is 69.6 Å². The van der Waals surface area contributed by atoms with Crippen LogP contribution in [0.15, 0.2) is 56.6 Å². The number of rotatable bonds is 3. The standard InChI is InChI=1S/C18H16N2O5S/c1-10-3-8-14-15(21)9-16(25-17(14)11(10)2)18(22)20-12-4-6-13(7-5-12)26(19,23)24/h3-9H,1-2H3,(H,20,22)(H2,19,23,24).